The standard InChI is InChI=1S/C23H25N3O5S2/c27-21(25-12-10-24(11-13-25)19-6-8-20(9-7-19)26(29)30)16-31-22(28)17-2-4-18(5-3-17)23-32-14-1-15-33-23/h2-9,23H,1,10-16H2. The number of benzene rings is 2. The highest BCUT2D eigenvalue weighted by Gasteiger charge is 2.23. The summed E-state index contributed by atoms with van der Waals surface area (Å²) in [6.07, 6.45) is 1.23. The fourth-order valence-electron chi connectivity index (χ4n) is 3.76. The Hall–Kier alpha value is -2.72. The van der Waals surface area contributed by atoms with Crippen LogP contribution in [0.1, 0.15) is 26.9 Å². The molecule has 0 N–H and O–H groups in total. The van der Waals surface area contributed by atoms with Gasteiger partial charge in [-0.2, -0.15) is 0 Å². The van der Waals surface area contributed by atoms with Gasteiger partial charge >= 0.3 is 5.97 Å². The smallest absolute Gasteiger partial charge is 0.338 e. The number of hydrogen-bond acceptors (Lipinski definition) is 8. The number of amides is 1. The van der Waals surface area contributed by atoms with E-state index in [0.717, 1.165) is 17.2 Å². The lowest BCUT2D eigenvalue weighted by atomic mass is 10.1. The molecule has 2 saturated heterocycles. The van der Waals surface area contributed by atoms with Crippen molar-refractivity contribution in [3.05, 3.63) is 69.8 Å². The summed E-state index contributed by atoms with van der Waals surface area (Å²) in [5.41, 5.74) is 2.58. The molecule has 2 aromatic rings. The molecule has 33 heavy (non-hydrogen) atoms. The Morgan fingerprint density at radius 1 is 0.970 bits per heavy atom. The van der Waals surface area contributed by atoms with E-state index in [1.807, 2.05) is 35.7 Å². The van der Waals surface area contributed by atoms with Crippen LogP contribution in [0.3, 0.4) is 0 Å². The molecule has 0 saturated carbocycles. The van der Waals surface area contributed by atoms with Crippen LogP contribution >= 0.6 is 23.5 Å². The molecule has 2 fully saturated rings. The summed E-state index contributed by atoms with van der Waals surface area (Å²) in [6.45, 7) is 1.93. The Bertz CT molecular complexity index is 986. The van der Waals surface area contributed by atoms with Crippen molar-refractivity contribution in [1.82, 2.24) is 4.90 Å². The van der Waals surface area contributed by atoms with E-state index >= 15 is 0 Å². The van der Waals surface area contributed by atoms with Gasteiger partial charge in [0.1, 0.15) is 0 Å². The summed E-state index contributed by atoms with van der Waals surface area (Å²) in [5, 5.41) is 10.8. The third-order valence-corrected chi connectivity index (χ3v) is 8.65. The molecule has 0 bridgehead atoms. The highest BCUT2D eigenvalue weighted by molar-refractivity contribution is 8.16. The Kier molecular flexibility index (Phi) is 7.77. The summed E-state index contributed by atoms with van der Waals surface area (Å²) in [4.78, 5) is 39.0. The first-order chi connectivity index (χ1) is 16.0. The van der Waals surface area contributed by atoms with Gasteiger partial charge in [0.2, 0.25) is 0 Å². The van der Waals surface area contributed by atoms with Gasteiger partial charge < -0.3 is 14.5 Å². The number of ether oxygens (including phenoxy) is 1. The molecule has 1 amide bonds. The number of esters is 1. The van der Waals surface area contributed by atoms with Crippen LogP contribution in [0.15, 0.2) is 48.5 Å². The Labute approximate surface area is 200 Å². The predicted octanol–water partition coefficient (Wildman–Crippen LogP) is 3.97. The Morgan fingerprint density at radius 2 is 1.61 bits per heavy atom. The van der Waals surface area contributed by atoms with Gasteiger partial charge in [-0.15, -0.1) is 23.5 Å². The summed E-state index contributed by atoms with van der Waals surface area (Å²) < 4.78 is 5.67. The maximum atomic E-state index is 12.5. The van der Waals surface area contributed by atoms with E-state index in [0.29, 0.717) is 36.3 Å². The van der Waals surface area contributed by atoms with Gasteiger partial charge in [0.25, 0.3) is 11.6 Å². The zero-order valence-electron chi connectivity index (χ0n) is 18.1. The number of rotatable bonds is 6. The van der Waals surface area contributed by atoms with E-state index in [2.05, 4.69) is 4.90 Å². The number of non-ortho nitro benzene ring substituents is 1. The number of nitro groups is 1. The van der Waals surface area contributed by atoms with Crippen molar-refractivity contribution in [2.24, 2.45) is 0 Å². The molecule has 0 unspecified atom stereocenters. The van der Waals surface area contributed by atoms with Crippen molar-refractivity contribution < 1.29 is 19.2 Å². The average molecular weight is 488 g/mol. The number of carbonyl (C=O) groups excluding carboxylic acids is 2. The van der Waals surface area contributed by atoms with Crippen LogP contribution in [0.25, 0.3) is 0 Å². The molecule has 2 aliphatic heterocycles. The summed E-state index contributed by atoms with van der Waals surface area (Å²) >= 11 is 3.85. The first-order valence-corrected chi connectivity index (χ1v) is 12.9. The minimum absolute atomic E-state index is 0.0517. The number of nitrogens with zero attached hydrogens (tertiary/aromatic N) is 3. The number of hydrogen-bond donors (Lipinski definition) is 0. The highest BCUT2D eigenvalue weighted by atomic mass is 32.2. The van der Waals surface area contributed by atoms with Crippen molar-refractivity contribution in [1.29, 1.82) is 0 Å². The van der Waals surface area contributed by atoms with E-state index in [4.69, 9.17) is 4.74 Å². The van der Waals surface area contributed by atoms with Gasteiger partial charge in [-0.05, 0) is 47.8 Å². The van der Waals surface area contributed by atoms with Gasteiger partial charge in [0, 0.05) is 44.0 Å². The number of carbonyl (C=O) groups is 2. The molecular formula is C23H25N3O5S2. The second-order valence-electron chi connectivity index (χ2n) is 7.77. The number of piperazine rings is 1. The van der Waals surface area contributed by atoms with Gasteiger partial charge in [0.15, 0.2) is 6.61 Å². The second kappa shape index (κ2) is 10.9. The maximum Gasteiger partial charge on any atom is 0.338 e. The van der Waals surface area contributed by atoms with Crippen molar-refractivity contribution in [2.75, 3.05) is 49.2 Å². The van der Waals surface area contributed by atoms with Crippen molar-refractivity contribution in [2.45, 2.75) is 11.0 Å². The SMILES string of the molecule is O=C(OCC(=O)N1CCN(c2ccc([N+](=O)[O-])cc2)CC1)c1ccc(C2SCCCS2)cc1. The highest BCUT2D eigenvalue weighted by Crippen LogP contribution is 2.43. The quantitative estimate of drug-likeness (QED) is 0.343. The lowest BCUT2D eigenvalue weighted by molar-refractivity contribution is -0.384. The topological polar surface area (TPSA) is 93.0 Å². The first kappa shape index (κ1) is 23.4. The van der Waals surface area contributed by atoms with Crippen LogP contribution in [0.4, 0.5) is 11.4 Å². The van der Waals surface area contributed by atoms with Crippen LogP contribution in [-0.4, -0.2) is 66.0 Å². The number of anilines is 1. The molecule has 4 rings (SSSR count). The molecule has 2 heterocycles. The van der Waals surface area contributed by atoms with Gasteiger partial charge in [-0.3, -0.25) is 14.9 Å². The van der Waals surface area contributed by atoms with Crippen LogP contribution in [0.2, 0.25) is 0 Å². The Morgan fingerprint density at radius 3 is 2.21 bits per heavy atom. The molecule has 2 aromatic carbocycles. The van der Waals surface area contributed by atoms with Gasteiger partial charge in [-0.1, -0.05) is 12.1 Å². The molecule has 0 spiro atoms. The predicted molar refractivity (Wildman–Crippen MR) is 131 cm³/mol. The molecule has 0 aliphatic carbocycles. The third kappa shape index (κ3) is 6.00. The number of thioether (sulfide) groups is 2. The Balaban J connectivity index is 1.23. The van der Waals surface area contributed by atoms with Crippen LogP contribution in [0.5, 0.6) is 0 Å². The molecule has 0 radical (unpaired) electrons. The summed E-state index contributed by atoms with van der Waals surface area (Å²) in [7, 11) is 0. The normalized spacial score (nSPS) is 17.0. The lowest BCUT2D eigenvalue weighted by Gasteiger charge is -2.36. The third-order valence-electron chi connectivity index (χ3n) is 5.63. The molecule has 0 aromatic heterocycles. The van der Waals surface area contributed by atoms with Crippen LogP contribution in [0, 0.1) is 10.1 Å². The second-order valence-corrected chi connectivity index (χ2v) is 10.5. The fraction of sp³-hybridized carbons (Fsp3) is 0.391. The van der Waals surface area contributed by atoms with Crippen molar-refractivity contribution in [3.63, 3.8) is 0 Å². The van der Waals surface area contributed by atoms with Crippen LogP contribution in [-0.2, 0) is 9.53 Å². The van der Waals surface area contributed by atoms with E-state index in [1.165, 1.54) is 24.1 Å². The zero-order chi connectivity index (χ0) is 23.2. The summed E-state index contributed by atoms with van der Waals surface area (Å²) in [6, 6.07) is 13.8. The maximum absolute atomic E-state index is 12.5. The largest absolute Gasteiger partial charge is 0.452 e. The molecule has 0 atom stereocenters. The fourth-order valence-corrected chi connectivity index (χ4v) is 6.65. The zero-order valence-corrected chi connectivity index (χ0v) is 19.7. The minimum atomic E-state index is -0.497. The van der Waals surface area contributed by atoms with Gasteiger partial charge in [0.05, 0.1) is 15.1 Å². The summed E-state index contributed by atoms with van der Waals surface area (Å²) in [5.74, 6) is 1.60. The molecule has 8 nitrogen and oxygen atoms in total. The molecule has 10 heteroatoms. The molecular weight excluding hydrogens is 462 g/mol. The van der Waals surface area contributed by atoms with E-state index < -0.39 is 10.9 Å². The lowest BCUT2D eigenvalue weighted by Crippen LogP contribution is -2.49. The van der Waals surface area contributed by atoms with E-state index in [1.54, 1.807) is 29.2 Å². The van der Waals surface area contributed by atoms with Crippen LogP contribution < -0.4 is 4.90 Å². The van der Waals surface area contributed by atoms with Crippen molar-refractivity contribution >= 4 is 46.8 Å². The van der Waals surface area contributed by atoms with E-state index in [-0.39, 0.29) is 18.2 Å². The first-order valence-electron chi connectivity index (χ1n) is 10.8. The van der Waals surface area contributed by atoms with Gasteiger partial charge in [-0.25, -0.2) is 4.79 Å². The number of nitro benzene ring substituents is 1. The van der Waals surface area contributed by atoms with Crippen molar-refractivity contribution in [3.8, 4) is 0 Å². The molecule has 174 valence electrons. The monoisotopic (exact) mass is 487 g/mol. The minimum Gasteiger partial charge on any atom is -0.452 e. The molecule has 2 aliphatic rings. The average Bonchev–Trinajstić information content (AvgIpc) is 2.88. The van der Waals surface area contributed by atoms with E-state index in [9.17, 15) is 19.7 Å².